The molecule has 0 aliphatic carbocycles. The molecule has 0 amide bonds. The third-order valence-electron chi connectivity index (χ3n) is 1.78. The molecule has 0 saturated heterocycles. The molecule has 0 aromatic heterocycles. The van der Waals surface area contributed by atoms with E-state index < -0.39 is 5.82 Å². The molecule has 84 valence electrons. The molecular weight excluding hydrogens is 221 g/mol. The molecule has 0 radical (unpaired) electrons. The van der Waals surface area contributed by atoms with Crippen molar-refractivity contribution < 1.29 is 13.9 Å². The van der Waals surface area contributed by atoms with Gasteiger partial charge in [0.25, 0.3) is 0 Å². The van der Waals surface area contributed by atoms with E-state index in [-0.39, 0.29) is 16.8 Å². The number of nitrogen functional groups attached to an aromatic ring is 1. The summed E-state index contributed by atoms with van der Waals surface area (Å²) >= 11 is 5.60. The molecule has 1 aromatic rings. The van der Waals surface area contributed by atoms with Crippen LogP contribution in [0.2, 0.25) is 5.02 Å². The van der Waals surface area contributed by atoms with Gasteiger partial charge in [-0.15, -0.1) is 0 Å². The Morgan fingerprint density at radius 3 is 2.80 bits per heavy atom. The van der Waals surface area contributed by atoms with Crippen LogP contribution in [0.25, 0.3) is 0 Å². The molecule has 0 aliphatic rings. The van der Waals surface area contributed by atoms with Crippen LogP contribution in [-0.2, 0) is 4.74 Å². The van der Waals surface area contributed by atoms with Crippen LogP contribution in [0.4, 0.5) is 10.1 Å². The SMILES string of the molecule is COCC(C)Oc1cc(Cl)c(F)cc1N. The molecule has 0 saturated carbocycles. The Hall–Kier alpha value is -1.00. The smallest absolute Gasteiger partial charge is 0.144 e. The number of methoxy groups -OCH3 is 1. The van der Waals surface area contributed by atoms with Gasteiger partial charge in [-0.05, 0) is 6.92 Å². The quantitative estimate of drug-likeness (QED) is 0.813. The Morgan fingerprint density at radius 2 is 2.20 bits per heavy atom. The zero-order chi connectivity index (χ0) is 11.4. The van der Waals surface area contributed by atoms with Gasteiger partial charge in [-0.1, -0.05) is 11.6 Å². The molecule has 2 N–H and O–H groups in total. The third-order valence-corrected chi connectivity index (χ3v) is 2.07. The number of ether oxygens (including phenoxy) is 2. The van der Waals surface area contributed by atoms with Gasteiger partial charge in [0, 0.05) is 19.2 Å². The Labute approximate surface area is 92.9 Å². The van der Waals surface area contributed by atoms with Crippen molar-refractivity contribution in [2.24, 2.45) is 0 Å². The third kappa shape index (κ3) is 3.25. The molecule has 1 unspecified atom stereocenters. The first-order chi connectivity index (χ1) is 7.04. The van der Waals surface area contributed by atoms with Gasteiger partial charge in [0.05, 0.1) is 17.3 Å². The normalized spacial score (nSPS) is 12.5. The minimum Gasteiger partial charge on any atom is -0.486 e. The van der Waals surface area contributed by atoms with E-state index in [0.29, 0.717) is 12.4 Å². The maximum absolute atomic E-state index is 13.0. The molecule has 0 spiro atoms. The largest absolute Gasteiger partial charge is 0.486 e. The summed E-state index contributed by atoms with van der Waals surface area (Å²) in [6.45, 7) is 2.24. The van der Waals surface area contributed by atoms with Crippen LogP contribution < -0.4 is 10.5 Å². The lowest BCUT2D eigenvalue weighted by molar-refractivity contribution is 0.0925. The lowest BCUT2D eigenvalue weighted by Crippen LogP contribution is -2.18. The predicted molar refractivity (Wildman–Crippen MR) is 57.8 cm³/mol. The Bertz CT molecular complexity index is 346. The number of hydrogen-bond acceptors (Lipinski definition) is 3. The van der Waals surface area contributed by atoms with E-state index >= 15 is 0 Å². The number of nitrogens with two attached hydrogens (primary N) is 1. The molecule has 0 bridgehead atoms. The van der Waals surface area contributed by atoms with E-state index in [2.05, 4.69) is 0 Å². The van der Waals surface area contributed by atoms with Crippen molar-refractivity contribution in [1.29, 1.82) is 0 Å². The summed E-state index contributed by atoms with van der Waals surface area (Å²) in [6, 6.07) is 2.50. The minimum absolute atomic E-state index is 0.0104. The highest BCUT2D eigenvalue weighted by Crippen LogP contribution is 2.28. The van der Waals surface area contributed by atoms with Gasteiger partial charge < -0.3 is 15.2 Å². The molecule has 1 aromatic carbocycles. The summed E-state index contributed by atoms with van der Waals surface area (Å²) in [4.78, 5) is 0. The van der Waals surface area contributed by atoms with E-state index in [1.807, 2.05) is 6.92 Å². The fourth-order valence-electron chi connectivity index (χ4n) is 1.13. The first kappa shape index (κ1) is 12.1. The van der Waals surface area contributed by atoms with E-state index in [1.54, 1.807) is 7.11 Å². The zero-order valence-electron chi connectivity index (χ0n) is 8.59. The highest BCUT2D eigenvalue weighted by Gasteiger charge is 2.10. The van der Waals surface area contributed by atoms with E-state index in [0.717, 1.165) is 6.07 Å². The predicted octanol–water partition coefficient (Wildman–Crippen LogP) is 2.47. The van der Waals surface area contributed by atoms with Crippen LogP contribution in [0.1, 0.15) is 6.92 Å². The van der Waals surface area contributed by atoms with Crippen molar-refractivity contribution in [1.82, 2.24) is 0 Å². The second-order valence-electron chi connectivity index (χ2n) is 3.19. The van der Waals surface area contributed by atoms with Gasteiger partial charge in [-0.25, -0.2) is 4.39 Å². The highest BCUT2D eigenvalue weighted by molar-refractivity contribution is 6.31. The molecule has 3 nitrogen and oxygen atoms in total. The summed E-state index contributed by atoms with van der Waals surface area (Å²) in [5.74, 6) is -0.188. The van der Waals surface area contributed by atoms with Gasteiger partial charge in [0.15, 0.2) is 0 Å². The van der Waals surface area contributed by atoms with Crippen LogP contribution in [-0.4, -0.2) is 19.8 Å². The standard InChI is InChI=1S/C10H13ClFNO2/c1-6(5-14-2)15-10-3-7(11)8(12)4-9(10)13/h3-4,6H,5,13H2,1-2H3. The lowest BCUT2D eigenvalue weighted by atomic mass is 10.3. The van der Waals surface area contributed by atoms with Gasteiger partial charge in [-0.3, -0.25) is 0 Å². The van der Waals surface area contributed by atoms with Crippen LogP contribution in [0.5, 0.6) is 5.75 Å². The van der Waals surface area contributed by atoms with Crippen molar-refractivity contribution in [3.05, 3.63) is 23.0 Å². The molecular formula is C10H13ClFNO2. The van der Waals surface area contributed by atoms with Gasteiger partial charge in [-0.2, -0.15) is 0 Å². The maximum Gasteiger partial charge on any atom is 0.144 e. The number of benzene rings is 1. The second kappa shape index (κ2) is 5.19. The summed E-state index contributed by atoms with van der Waals surface area (Å²) in [6.07, 6.45) is -0.168. The van der Waals surface area contributed by atoms with Crippen molar-refractivity contribution in [2.75, 3.05) is 19.5 Å². The molecule has 0 heterocycles. The van der Waals surface area contributed by atoms with Gasteiger partial charge in [0.2, 0.25) is 0 Å². The molecule has 5 heteroatoms. The topological polar surface area (TPSA) is 44.5 Å². The average molecular weight is 234 g/mol. The summed E-state index contributed by atoms with van der Waals surface area (Å²) in [5.41, 5.74) is 5.79. The van der Waals surface area contributed by atoms with E-state index in [9.17, 15) is 4.39 Å². The van der Waals surface area contributed by atoms with Crippen molar-refractivity contribution in [3.8, 4) is 5.75 Å². The van der Waals surface area contributed by atoms with E-state index in [4.69, 9.17) is 26.8 Å². The summed E-state index contributed by atoms with van der Waals surface area (Å²) in [5, 5.41) is -0.0104. The lowest BCUT2D eigenvalue weighted by Gasteiger charge is -2.15. The van der Waals surface area contributed by atoms with Crippen molar-refractivity contribution in [3.63, 3.8) is 0 Å². The van der Waals surface area contributed by atoms with Crippen LogP contribution in [0.15, 0.2) is 12.1 Å². The number of anilines is 1. The maximum atomic E-state index is 13.0. The summed E-state index contributed by atoms with van der Waals surface area (Å²) in [7, 11) is 1.57. The number of hydrogen-bond donors (Lipinski definition) is 1. The van der Waals surface area contributed by atoms with Crippen molar-refractivity contribution in [2.45, 2.75) is 13.0 Å². The van der Waals surface area contributed by atoms with Gasteiger partial charge >= 0.3 is 0 Å². The highest BCUT2D eigenvalue weighted by atomic mass is 35.5. The molecule has 0 aliphatic heterocycles. The molecule has 1 atom stereocenters. The number of rotatable bonds is 4. The summed E-state index contributed by atoms with van der Waals surface area (Å²) < 4.78 is 23.3. The average Bonchev–Trinajstić information content (AvgIpc) is 2.14. The first-order valence-electron chi connectivity index (χ1n) is 4.44. The Balaban J connectivity index is 2.81. The Morgan fingerprint density at radius 1 is 1.53 bits per heavy atom. The molecule has 15 heavy (non-hydrogen) atoms. The van der Waals surface area contributed by atoms with Crippen LogP contribution in [0.3, 0.4) is 0 Å². The fraction of sp³-hybridized carbons (Fsp3) is 0.400. The number of halogens is 2. The van der Waals surface area contributed by atoms with Crippen molar-refractivity contribution >= 4 is 17.3 Å². The Kier molecular flexibility index (Phi) is 4.17. The zero-order valence-corrected chi connectivity index (χ0v) is 9.34. The van der Waals surface area contributed by atoms with Crippen LogP contribution >= 0.6 is 11.6 Å². The molecule has 1 rings (SSSR count). The minimum atomic E-state index is -0.555. The van der Waals surface area contributed by atoms with Crippen LogP contribution in [0, 0.1) is 5.82 Å². The molecule has 0 fully saturated rings. The van der Waals surface area contributed by atoms with Gasteiger partial charge in [0.1, 0.15) is 17.7 Å². The van der Waals surface area contributed by atoms with E-state index in [1.165, 1.54) is 6.07 Å². The fourth-order valence-corrected chi connectivity index (χ4v) is 1.29. The first-order valence-corrected chi connectivity index (χ1v) is 4.82. The second-order valence-corrected chi connectivity index (χ2v) is 3.60. The monoisotopic (exact) mass is 233 g/mol.